The Morgan fingerprint density at radius 3 is 2.36 bits per heavy atom. The first-order valence-electron chi connectivity index (χ1n) is 3.82. The molecule has 0 aromatic carbocycles. The van der Waals surface area contributed by atoms with Crippen molar-refractivity contribution in [3.8, 4) is 0 Å². The summed E-state index contributed by atoms with van der Waals surface area (Å²) in [7, 11) is 1.60. The molecule has 1 aliphatic heterocycles. The second-order valence-electron chi connectivity index (χ2n) is 3.14. The van der Waals surface area contributed by atoms with Crippen molar-refractivity contribution >= 4 is 22.5 Å². The van der Waals surface area contributed by atoms with Crippen LogP contribution in [0.4, 0.5) is 0 Å². The van der Waals surface area contributed by atoms with Gasteiger partial charge in [0.2, 0.25) is 0 Å². The summed E-state index contributed by atoms with van der Waals surface area (Å²) in [6.07, 6.45) is 0. The van der Waals surface area contributed by atoms with Crippen molar-refractivity contribution in [2.45, 2.75) is 18.7 Å². The molecule has 0 amide bonds. The predicted molar refractivity (Wildman–Crippen MR) is 53.0 cm³/mol. The summed E-state index contributed by atoms with van der Waals surface area (Å²) < 4.78 is 5.26. The van der Waals surface area contributed by atoms with Crippen LogP contribution in [0.5, 0.6) is 0 Å². The zero-order chi connectivity index (χ0) is 8.32. The van der Waals surface area contributed by atoms with Crippen LogP contribution in [-0.4, -0.2) is 36.1 Å². The van der Waals surface area contributed by atoms with Gasteiger partial charge in [0.15, 0.2) is 0 Å². The molecule has 0 radical (unpaired) electrons. The number of hydrogen-bond donors (Lipinski definition) is 1. The molecule has 4 heteroatoms. The lowest BCUT2D eigenvalue weighted by atomic mass is 10.3. The normalized spacial score (nSPS) is 22.1. The maximum Gasteiger partial charge on any atom is 0.0715 e. The van der Waals surface area contributed by atoms with E-state index in [1.807, 2.05) is 0 Å². The van der Waals surface area contributed by atoms with Gasteiger partial charge in [-0.05, 0) is 13.8 Å². The van der Waals surface area contributed by atoms with Crippen molar-refractivity contribution in [1.29, 1.82) is 0 Å². The van der Waals surface area contributed by atoms with E-state index in [2.05, 4.69) is 30.4 Å². The highest BCUT2D eigenvalue weighted by Gasteiger charge is 2.27. The molecule has 1 rings (SSSR count). The molecule has 1 aliphatic rings. The SMILES string of the molecule is CC(C)(SS)N1CCOCC1. The van der Waals surface area contributed by atoms with Crippen LogP contribution < -0.4 is 0 Å². The standard InChI is InChI=1S/C7H15NOS2/c1-7(2,11-10)8-3-5-9-6-4-8/h10H,3-6H2,1-2H3. The van der Waals surface area contributed by atoms with Crippen molar-refractivity contribution in [3.63, 3.8) is 0 Å². The van der Waals surface area contributed by atoms with Gasteiger partial charge in [0, 0.05) is 13.1 Å². The third-order valence-corrected chi connectivity index (χ3v) is 4.04. The number of morpholine rings is 1. The quantitative estimate of drug-likeness (QED) is 0.529. The minimum Gasteiger partial charge on any atom is -0.379 e. The van der Waals surface area contributed by atoms with Gasteiger partial charge in [-0.3, -0.25) is 4.90 Å². The highest BCUT2D eigenvalue weighted by Crippen LogP contribution is 2.31. The summed E-state index contributed by atoms with van der Waals surface area (Å²) in [5.41, 5.74) is 0. The lowest BCUT2D eigenvalue weighted by Gasteiger charge is -2.38. The van der Waals surface area contributed by atoms with Gasteiger partial charge in [-0.2, -0.15) is 0 Å². The maximum absolute atomic E-state index is 5.26. The van der Waals surface area contributed by atoms with Gasteiger partial charge in [-0.1, -0.05) is 10.8 Å². The van der Waals surface area contributed by atoms with Crippen LogP contribution in [0.15, 0.2) is 0 Å². The van der Waals surface area contributed by atoms with Crippen LogP contribution in [0.3, 0.4) is 0 Å². The lowest BCUT2D eigenvalue weighted by molar-refractivity contribution is 0.0162. The van der Waals surface area contributed by atoms with E-state index in [1.54, 1.807) is 10.8 Å². The minimum absolute atomic E-state index is 0.146. The Kier molecular flexibility index (Phi) is 3.55. The van der Waals surface area contributed by atoms with Crippen molar-refractivity contribution < 1.29 is 4.74 Å². The zero-order valence-electron chi connectivity index (χ0n) is 7.04. The molecule has 0 aromatic heterocycles. The largest absolute Gasteiger partial charge is 0.379 e. The van der Waals surface area contributed by atoms with Gasteiger partial charge in [-0.25, -0.2) is 0 Å². The molecule has 0 atom stereocenters. The number of ether oxygens (including phenoxy) is 1. The summed E-state index contributed by atoms with van der Waals surface area (Å²) in [5, 5.41) is 0. The van der Waals surface area contributed by atoms with Crippen molar-refractivity contribution in [3.05, 3.63) is 0 Å². The molecule has 0 saturated carbocycles. The summed E-state index contributed by atoms with van der Waals surface area (Å²) in [4.78, 5) is 2.54. The lowest BCUT2D eigenvalue weighted by Crippen LogP contribution is -2.47. The van der Waals surface area contributed by atoms with E-state index in [9.17, 15) is 0 Å². The van der Waals surface area contributed by atoms with Crippen LogP contribution in [-0.2, 0) is 4.74 Å². The van der Waals surface area contributed by atoms with E-state index in [0.29, 0.717) is 0 Å². The van der Waals surface area contributed by atoms with Crippen LogP contribution >= 0.6 is 22.5 Å². The fraction of sp³-hybridized carbons (Fsp3) is 1.00. The molecule has 1 saturated heterocycles. The Morgan fingerprint density at radius 1 is 1.36 bits per heavy atom. The van der Waals surface area contributed by atoms with E-state index >= 15 is 0 Å². The number of rotatable bonds is 2. The van der Waals surface area contributed by atoms with Crippen molar-refractivity contribution in [2.24, 2.45) is 0 Å². The van der Waals surface area contributed by atoms with Gasteiger partial charge < -0.3 is 4.74 Å². The molecule has 0 unspecified atom stereocenters. The highest BCUT2D eigenvalue weighted by molar-refractivity contribution is 8.69. The average Bonchev–Trinajstić information content (AvgIpc) is 2.06. The van der Waals surface area contributed by atoms with Gasteiger partial charge >= 0.3 is 0 Å². The summed E-state index contributed by atoms with van der Waals surface area (Å²) in [6, 6.07) is 0. The Morgan fingerprint density at radius 2 is 1.91 bits per heavy atom. The second kappa shape index (κ2) is 4.03. The summed E-state index contributed by atoms with van der Waals surface area (Å²) in [5.74, 6) is 0. The topological polar surface area (TPSA) is 12.5 Å². The first-order valence-corrected chi connectivity index (χ1v) is 5.69. The fourth-order valence-electron chi connectivity index (χ4n) is 1.16. The maximum atomic E-state index is 5.26. The van der Waals surface area contributed by atoms with Gasteiger partial charge in [0.1, 0.15) is 0 Å². The monoisotopic (exact) mass is 193 g/mol. The smallest absolute Gasteiger partial charge is 0.0715 e. The van der Waals surface area contributed by atoms with Crippen LogP contribution in [0.25, 0.3) is 0 Å². The molecular formula is C7H15NOS2. The first-order chi connectivity index (χ1) is 5.17. The van der Waals surface area contributed by atoms with Crippen molar-refractivity contribution in [1.82, 2.24) is 4.90 Å². The number of nitrogens with zero attached hydrogens (tertiary/aromatic N) is 1. The molecule has 1 heterocycles. The molecule has 0 N–H and O–H groups in total. The van der Waals surface area contributed by atoms with Gasteiger partial charge in [0.25, 0.3) is 0 Å². The fourth-order valence-corrected chi connectivity index (χ4v) is 1.80. The van der Waals surface area contributed by atoms with E-state index in [-0.39, 0.29) is 4.87 Å². The molecular weight excluding hydrogens is 178 g/mol. The molecule has 66 valence electrons. The van der Waals surface area contributed by atoms with E-state index in [4.69, 9.17) is 4.74 Å². The first kappa shape index (κ1) is 9.71. The van der Waals surface area contributed by atoms with E-state index in [1.165, 1.54) is 0 Å². The summed E-state index contributed by atoms with van der Waals surface area (Å²) >= 11 is 4.25. The van der Waals surface area contributed by atoms with Crippen LogP contribution in [0.2, 0.25) is 0 Å². The second-order valence-corrected chi connectivity index (χ2v) is 4.87. The van der Waals surface area contributed by atoms with E-state index < -0.39 is 0 Å². The van der Waals surface area contributed by atoms with Crippen molar-refractivity contribution in [2.75, 3.05) is 26.3 Å². The third kappa shape index (κ3) is 2.54. The Bertz CT molecular complexity index is 124. The Labute approximate surface area is 77.5 Å². The number of hydrogen-bond acceptors (Lipinski definition) is 4. The van der Waals surface area contributed by atoms with Crippen LogP contribution in [0, 0.1) is 0 Å². The molecule has 1 fully saturated rings. The van der Waals surface area contributed by atoms with E-state index in [0.717, 1.165) is 26.3 Å². The predicted octanol–water partition coefficient (Wildman–Crippen LogP) is 1.63. The molecule has 11 heavy (non-hydrogen) atoms. The molecule has 0 spiro atoms. The third-order valence-electron chi connectivity index (χ3n) is 2.00. The zero-order valence-corrected chi connectivity index (χ0v) is 8.75. The van der Waals surface area contributed by atoms with Crippen LogP contribution in [0.1, 0.15) is 13.8 Å². The molecule has 0 aromatic rings. The average molecular weight is 193 g/mol. The molecule has 0 bridgehead atoms. The highest BCUT2D eigenvalue weighted by atomic mass is 33.1. The van der Waals surface area contributed by atoms with Gasteiger partial charge in [-0.15, -0.1) is 11.7 Å². The molecule has 2 nitrogen and oxygen atoms in total. The number of thiol groups is 1. The molecule has 0 aliphatic carbocycles. The Balaban J connectivity index is 2.43. The Hall–Kier alpha value is 0.620. The van der Waals surface area contributed by atoms with Gasteiger partial charge in [0.05, 0.1) is 18.1 Å². The minimum atomic E-state index is 0.146. The summed E-state index contributed by atoms with van der Waals surface area (Å²) in [6.45, 7) is 8.16.